The van der Waals surface area contributed by atoms with E-state index in [4.69, 9.17) is 0 Å². The lowest BCUT2D eigenvalue weighted by Gasteiger charge is -2.35. The van der Waals surface area contributed by atoms with Crippen LogP contribution in [0.5, 0.6) is 0 Å². The molecule has 0 spiro atoms. The van der Waals surface area contributed by atoms with Crippen LogP contribution in [0.3, 0.4) is 0 Å². The number of rotatable bonds is 2. The van der Waals surface area contributed by atoms with Gasteiger partial charge in [0.1, 0.15) is 17.6 Å². The average Bonchev–Trinajstić information content (AvgIpc) is 2.95. The molecule has 3 heterocycles. The lowest BCUT2D eigenvalue weighted by atomic mass is 10.1. The van der Waals surface area contributed by atoms with Crippen molar-refractivity contribution in [2.45, 2.75) is 32.4 Å². The summed E-state index contributed by atoms with van der Waals surface area (Å²) < 4.78 is 0. The van der Waals surface area contributed by atoms with Crippen molar-refractivity contribution in [1.82, 2.24) is 14.8 Å². The highest BCUT2D eigenvalue weighted by Gasteiger charge is 2.41. The van der Waals surface area contributed by atoms with Gasteiger partial charge in [-0.2, -0.15) is 0 Å². The number of aromatic nitrogens is 1. The Morgan fingerprint density at radius 1 is 1.50 bits per heavy atom. The van der Waals surface area contributed by atoms with E-state index in [0.29, 0.717) is 6.54 Å². The van der Waals surface area contributed by atoms with Gasteiger partial charge in [-0.3, -0.25) is 9.59 Å². The second-order valence-electron chi connectivity index (χ2n) is 4.82. The molecule has 0 radical (unpaired) electrons. The maximum absolute atomic E-state index is 12.3. The second kappa shape index (κ2) is 4.35. The highest BCUT2D eigenvalue weighted by molar-refractivity contribution is 7.09. The fourth-order valence-electron chi connectivity index (χ4n) is 2.64. The Morgan fingerprint density at radius 3 is 3.06 bits per heavy atom. The van der Waals surface area contributed by atoms with Crippen LogP contribution in [0.1, 0.15) is 23.5 Å². The van der Waals surface area contributed by atoms with E-state index in [0.717, 1.165) is 30.1 Å². The van der Waals surface area contributed by atoms with E-state index < -0.39 is 0 Å². The predicted octanol–water partition coefficient (Wildman–Crippen LogP) is 0.785. The fraction of sp³-hybridized carbons (Fsp3) is 0.583. The molecule has 0 aliphatic carbocycles. The standard InChI is InChI=1S/C12H15N3O2S/c1-8-7-18-10(13-8)5-14-6-11(16)15-4-2-3-9(15)12(14)17/h7,9H,2-6H2,1H3. The van der Waals surface area contributed by atoms with Gasteiger partial charge in [-0.05, 0) is 19.8 Å². The number of aryl methyl sites for hydroxylation is 1. The molecule has 1 atom stereocenters. The zero-order valence-electron chi connectivity index (χ0n) is 10.3. The van der Waals surface area contributed by atoms with Gasteiger partial charge < -0.3 is 9.80 Å². The number of nitrogens with zero attached hydrogens (tertiary/aromatic N) is 3. The summed E-state index contributed by atoms with van der Waals surface area (Å²) in [6.45, 7) is 3.34. The maximum atomic E-state index is 12.3. The predicted molar refractivity (Wildman–Crippen MR) is 67.0 cm³/mol. The monoisotopic (exact) mass is 265 g/mol. The first-order valence-corrected chi connectivity index (χ1v) is 7.02. The van der Waals surface area contributed by atoms with Crippen LogP contribution in [0.4, 0.5) is 0 Å². The van der Waals surface area contributed by atoms with Crippen LogP contribution in [0, 0.1) is 6.92 Å². The molecule has 2 aliphatic heterocycles. The van der Waals surface area contributed by atoms with Crippen molar-refractivity contribution in [2.24, 2.45) is 0 Å². The van der Waals surface area contributed by atoms with Gasteiger partial charge in [0, 0.05) is 17.6 Å². The third-order valence-corrected chi connectivity index (χ3v) is 4.44. The first-order valence-electron chi connectivity index (χ1n) is 6.14. The minimum absolute atomic E-state index is 0.0744. The summed E-state index contributed by atoms with van der Waals surface area (Å²) in [6, 6.07) is -0.215. The van der Waals surface area contributed by atoms with Gasteiger partial charge in [-0.15, -0.1) is 11.3 Å². The lowest BCUT2D eigenvalue weighted by Crippen LogP contribution is -2.56. The van der Waals surface area contributed by atoms with Crippen LogP contribution >= 0.6 is 11.3 Å². The highest BCUT2D eigenvalue weighted by Crippen LogP contribution is 2.25. The minimum atomic E-state index is -0.215. The molecule has 1 aromatic heterocycles. The van der Waals surface area contributed by atoms with Crippen LogP contribution in [0.15, 0.2) is 5.38 Å². The molecule has 1 unspecified atom stereocenters. The summed E-state index contributed by atoms with van der Waals surface area (Å²) in [5, 5.41) is 2.87. The molecule has 6 heteroatoms. The number of fused-ring (bicyclic) bond motifs is 1. The number of amides is 2. The summed E-state index contributed by atoms with van der Waals surface area (Å²) in [6.07, 6.45) is 1.74. The Balaban J connectivity index is 1.76. The molecule has 2 amide bonds. The van der Waals surface area contributed by atoms with Crippen molar-refractivity contribution in [3.63, 3.8) is 0 Å². The van der Waals surface area contributed by atoms with Gasteiger partial charge in [0.25, 0.3) is 0 Å². The molecule has 0 saturated carbocycles. The minimum Gasteiger partial charge on any atom is -0.329 e. The number of hydrogen-bond donors (Lipinski definition) is 0. The van der Waals surface area contributed by atoms with E-state index in [-0.39, 0.29) is 24.4 Å². The molecule has 18 heavy (non-hydrogen) atoms. The van der Waals surface area contributed by atoms with Gasteiger partial charge in [-0.1, -0.05) is 0 Å². The normalized spacial score (nSPS) is 23.7. The van der Waals surface area contributed by atoms with E-state index in [1.165, 1.54) is 0 Å². The fourth-order valence-corrected chi connectivity index (χ4v) is 3.42. The van der Waals surface area contributed by atoms with Crippen LogP contribution in [-0.2, 0) is 16.1 Å². The van der Waals surface area contributed by atoms with Crippen molar-refractivity contribution in [1.29, 1.82) is 0 Å². The Hall–Kier alpha value is -1.43. The number of piperazine rings is 1. The van der Waals surface area contributed by atoms with Crippen LogP contribution in [0.25, 0.3) is 0 Å². The Morgan fingerprint density at radius 2 is 2.33 bits per heavy atom. The molecule has 1 aromatic rings. The lowest BCUT2D eigenvalue weighted by molar-refractivity contribution is -0.154. The SMILES string of the molecule is Cc1csc(CN2CC(=O)N3CCCC3C2=O)n1. The van der Waals surface area contributed by atoms with E-state index in [1.807, 2.05) is 12.3 Å². The highest BCUT2D eigenvalue weighted by atomic mass is 32.1. The van der Waals surface area contributed by atoms with Crippen molar-refractivity contribution in [2.75, 3.05) is 13.1 Å². The van der Waals surface area contributed by atoms with E-state index in [9.17, 15) is 9.59 Å². The van der Waals surface area contributed by atoms with Gasteiger partial charge in [0.2, 0.25) is 11.8 Å². The van der Waals surface area contributed by atoms with Crippen LogP contribution in [-0.4, -0.2) is 45.7 Å². The van der Waals surface area contributed by atoms with Crippen molar-refractivity contribution in [3.8, 4) is 0 Å². The van der Waals surface area contributed by atoms with Gasteiger partial charge >= 0.3 is 0 Å². The number of carbonyl (C=O) groups is 2. The average molecular weight is 265 g/mol. The van der Waals surface area contributed by atoms with Crippen LogP contribution in [0.2, 0.25) is 0 Å². The summed E-state index contributed by atoms with van der Waals surface area (Å²) in [5.74, 6) is 0.158. The second-order valence-corrected chi connectivity index (χ2v) is 5.76. The molecule has 5 nitrogen and oxygen atoms in total. The topological polar surface area (TPSA) is 53.5 Å². The molecule has 96 valence electrons. The van der Waals surface area contributed by atoms with Crippen LogP contribution < -0.4 is 0 Å². The molecule has 2 aliphatic rings. The largest absolute Gasteiger partial charge is 0.329 e. The number of hydrogen-bond acceptors (Lipinski definition) is 4. The Labute approximate surface area is 109 Å². The molecular weight excluding hydrogens is 250 g/mol. The van der Waals surface area contributed by atoms with Crippen molar-refractivity contribution >= 4 is 23.2 Å². The molecular formula is C12H15N3O2S. The molecule has 2 fully saturated rings. The van der Waals surface area contributed by atoms with Crippen molar-refractivity contribution < 1.29 is 9.59 Å². The van der Waals surface area contributed by atoms with E-state index in [1.54, 1.807) is 21.1 Å². The molecule has 0 N–H and O–H groups in total. The van der Waals surface area contributed by atoms with Crippen molar-refractivity contribution in [3.05, 3.63) is 16.1 Å². The van der Waals surface area contributed by atoms with Gasteiger partial charge in [-0.25, -0.2) is 4.98 Å². The first kappa shape index (κ1) is 11.6. The Kier molecular flexibility index (Phi) is 2.81. The smallest absolute Gasteiger partial charge is 0.246 e. The summed E-state index contributed by atoms with van der Waals surface area (Å²) in [7, 11) is 0. The van der Waals surface area contributed by atoms with Gasteiger partial charge in [0.05, 0.1) is 6.54 Å². The molecule has 3 rings (SSSR count). The summed E-state index contributed by atoms with van der Waals surface area (Å²) in [4.78, 5) is 31.9. The Bertz CT molecular complexity index is 499. The van der Waals surface area contributed by atoms with Gasteiger partial charge in [0.15, 0.2) is 0 Å². The quantitative estimate of drug-likeness (QED) is 0.794. The summed E-state index contributed by atoms with van der Waals surface area (Å²) in [5.41, 5.74) is 0.966. The third-order valence-electron chi connectivity index (χ3n) is 3.49. The maximum Gasteiger partial charge on any atom is 0.246 e. The number of carbonyl (C=O) groups excluding carboxylic acids is 2. The number of thiazole rings is 1. The molecule has 2 saturated heterocycles. The zero-order chi connectivity index (χ0) is 12.7. The molecule has 0 aromatic carbocycles. The third kappa shape index (κ3) is 1.90. The zero-order valence-corrected chi connectivity index (χ0v) is 11.1. The van der Waals surface area contributed by atoms with E-state index in [2.05, 4.69) is 4.98 Å². The first-order chi connectivity index (χ1) is 8.65. The summed E-state index contributed by atoms with van der Waals surface area (Å²) >= 11 is 1.54. The molecule has 0 bridgehead atoms. The van der Waals surface area contributed by atoms with E-state index >= 15 is 0 Å².